The number of benzene rings is 1. The number of amides is 1. The number of ether oxygens (including phenoxy) is 1. The summed E-state index contributed by atoms with van der Waals surface area (Å²) in [6.45, 7) is 1.82. The molecule has 1 aromatic carbocycles. The van der Waals surface area contributed by atoms with Crippen LogP contribution in [0.2, 0.25) is 0 Å². The van der Waals surface area contributed by atoms with Crippen LogP contribution in [0.15, 0.2) is 30.5 Å². The summed E-state index contributed by atoms with van der Waals surface area (Å²) in [5.74, 6) is 0.349. The molecule has 0 bridgehead atoms. The first-order valence-corrected chi connectivity index (χ1v) is 6.62. The lowest BCUT2D eigenvalue weighted by molar-refractivity contribution is -0.385. The van der Waals surface area contributed by atoms with Crippen LogP contribution >= 0.6 is 0 Å². The van der Waals surface area contributed by atoms with Crippen LogP contribution in [0.4, 0.5) is 11.4 Å². The van der Waals surface area contributed by atoms with Gasteiger partial charge in [-0.2, -0.15) is 5.10 Å². The highest BCUT2D eigenvalue weighted by atomic mass is 16.6. The van der Waals surface area contributed by atoms with Gasteiger partial charge in [-0.05, 0) is 19.1 Å². The second-order valence-corrected chi connectivity index (χ2v) is 4.62. The molecule has 1 N–H and O–H groups in total. The van der Waals surface area contributed by atoms with Gasteiger partial charge in [0.25, 0.3) is 0 Å². The van der Waals surface area contributed by atoms with Gasteiger partial charge in [-0.15, -0.1) is 0 Å². The van der Waals surface area contributed by atoms with Crippen molar-refractivity contribution in [3.63, 3.8) is 0 Å². The molecular formula is C14H16N4O4. The van der Waals surface area contributed by atoms with E-state index in [9.17, 15) is 14.9 Å². The van der Waals surface area contributed by atoms with Crippen molar-refractivity contribution in [3.8, 4) is 5.75 Å². The van der Waals surface area contributed by atoms with E-state index in [0.29, 0.717) is 17.1 Å². The molecule has 0 spiro atoms. The third-order valence-corrected chi connectivity index (χ3v) is 3.07. The molecule has 0 aliphatic heterocycles. The molecule has 22 heavy (non-hydrogen) atoms. The zero-order chi connectivity index (χ0) is 16.1. The minimum atomic E-state index is -0.492. The number of anilines is 1. The molecule has 0 radical (unpaired) electrons. The molecule has 0 atom stereocenters. The standard InChI is InChI=1S/C14H16N4O4/c1-10-12(18(20)21)9-17(16-10)8-7-14(19)15-11-5-3-4-6-13(11)22-2/h3-6,9H,7-8H2,1-2H3,(H,15,19). The molecule has 0 fully saturated rings. The summed E-state index contributed by atoms with van der Waals surface area (Å²) in [6.07, 6.45) is 1.47. The van der Waals surface area contributed by atoms with Gasteiger partial charge in [0.2, 0.25) is 5.91 Å². The molecule has 8 nitrogen and oxygen atoms in total. The van der Waals surface area contributed by atoms with Crippen LogP contribution in [0.3, 0.4) is 0 Å². The van der Waals surface area contributed by atoms with Crippen molar-refractivity contribution in [2.24, 2.45) is 0 Å². The van der Waals surface area contributed by atoms with Crippen LogP contribution in [0, 0.1) is 17.0 Å². The Balaban J connectivity index is 1.95. The number of methoxy groups -OCH3 is 1. The SMILES string of the molecule is COc1ccccc1NC(=O)CCn1cc([N+](=O)[O-])c(C)n1. The number of carbonyl (C=O) groups is 1. The van der Waals surface area contributed by atoms with Crippen molar-refractivity contribution in [3.05, 3.63) is 46.3 Å². The smallest absolute Gasteiger partial charge is 0.309 e. The largest absolute Gasteiger partial charge is 0.495 e. The van der Waals surface area contributed by atoms with E-state index >= 15 is 0 Å². The molecule has 0 aliphatic rings. The Hall–Kier alpha value is -2.90. The lowest BCUT2D eigenvalue weighted by Crippen LogP contribution is -2.15. The van der Waals surface area contributed by atoms with Gasteiger partial charge in [-0.25, -0.2) is 0 Å². The number of aryl methyl sites for hydroxylation is 2. The first-order valence-electron chi connectivity index (χ1n) is 6.62. The number of carbonyl (C=O) groups excluding carboxylic acids is 1. The van der Waals surface area contributed by atoms with Crippen LogP contribution in [0.25, 0.3) is 0 Å². The maximum atomic E-state index is 11.9. The van der Waals surface area contributed by atoms with Gasteiger partial charge in [0.05, 0.1) is 17.7 Å². The number of para-hydroxylation sites is 2. The highest BCUT2D eigenvalue weighted by molar-refractivity contribution is 5.92. The monoisotopic (exact) mass is 304 g/mol. The van der Waals surface area contributed by atoms with Crippen LogP contribution in [-0.4, -0.2) is 27.7 Å². The topological polar surface area (TPSA) is 99.3 Å². The minimum Gasteiger partial charge on any atom is -0.495 e. The fourth-order valence-electron chi connectivity index (χ4n) is 1.98. The second-order valence-electron chi connectivity index (χ2n) is 4.62. The van der Waals surface area contributed by atoms with Crippen molar-refractivity contribution in [1.29, 1.82) is 0 Å². The summed E-state index contributed by atoms with van der Waals surface area (Å²) < 4.78 is 6.55. The van der Waals surface area contributed by atoms with Crippen LogP contribution in [-0.2, 0) is 11.3 Å². The lowest BCUT2D eigenvalue weighted by atomic mass is 10.3. The van der Waals surface area contributed by atoms with Crippen molar-refractivity contribution in [2.45, 2.75) is 19.9 Å². The van der Waals surface area contributed by atoms with Crippen molar-refractivity contribution < 1.29 is 14.5 Å². The Bertz CT molecular complexity index is 696. The van der Waals surface area contributed by atoms with Gasteiger partial charge < -0.3 is 10.1 Å². The molecule has 0 saturated heterocycles. The first-order chi connectivity index (χ1) is 10.5. The zero-order valence-corrected chi connectivity index (χ0v) is 12.3. The van der Waals surface area contributed by atoms with E-state index < -0.39 is 4.92 Å². The number of nitrogens with zero attached hydrogens (tertiary/aromatic N) is 3. The van der Waals surface area contributed by atoms with Gasteiger partial charge in [0.1, 0.15) is 17.6 Å². The molecule has 2 aromatic rings. The Kier molecular flexibility index (Phi) is 4.72. The minimum absolute atomic E-state index is 0.0508. The van der Waals surface area contributed by atoms with Crippen LogP contribution in [0.5, 0.6) is 5.75 Å². The van der Waals surface area contributed by atoms with Crippen LogP contribution in [0.1, 0.15) is 12.1 Å². The maximum Gasteiger partial charge on any atom is 0.309 e. The van der Waals surface area contributed by atoms with Gasteiger partial charge in [0.15, 0.2) is 0 Å². The summed E-state index contributed by atoms with van der Waals surface area (Å²) >= 11 is 0. The average Bonchev–Trinajstić information content (AvgIpc) is 2.87. The summed E-state index contributed by atoms with van der Waals surface area (Å²) in [5, 5.41) is 17.5. The van der Waals surface area contributed by atoms with Gasteiger partial charge in [0, 0.05) is 13.0 Å². The van der Waals surface area contributed by atoms with Crippen LogP contribution < -0.4 is 10.1 Å². The zero-order valence-electron chi connectivity index (χ0n) is 12.3. The van der Waals surface area contributed by atoms with Gasteiger partial charge in [-0.3, -0.25) is 19.6 Å². The summed E-state index contributed by atoms with van der Waals surface area (Å²) in [4.78, 5) is 22.2. The van der Waals surface area contributed by atoms with Crippen molar-refractivity contribution in [2.75, 3.05) is 12.4 Å². The predicted molar refractivity (Wildman–Crippen MR) is 79.9 cm³/mol. The van der Waals surface area contributed by atoms with E-state index in [-0.39, 0.29) is 24.6 Å². The molecule has 0 unspecified atom stereocenters. The maximum absolute atomic E-state index is 11.9. The molecule has 0 aliphatic carbocycles. The number of hydrogen-bond donors (Lipinski definition) is 1. The Morgan fingerprint density at radius 1 is 1.45 bits per heavy atom. The normalized spacial score (nSPS) is 10.3. The Labute approximate surface area is 126 Å². The summed E-state index contributed by atoms with van der Waals surface area (Å²) in [5.41, 5.74) is 0.859. The van der Waals surface area contributed by atoms with E-state index in [2.05, 4.69) is 10.4 Å². The van der Waals surface area contributed by atoms with E-state index in [4.69, 9.17) is 4.74 Å². The second kappa shape index (κ2) is 6.70. The van der Waals surface area contributed by atoms with Gasteiger partial charge >= 0.3 is 5.69 Å². The molecule has 0 saturated carbocycles. The fraction of sp³-hybridized carbons (Fsp3) is 0.286. The number of hydrogen-bond acceptors (Lipinski definition) is 5. The molecule has 2 rings (SSSR count). The van der Waals surface area contributed by atoms with Crippen molar-refractivity contribution >= 4 is 17.3 Å². The molecule has 1 aromatic heterocycles. The highest BCUT2D eigenvalue weighted by Crippen LogP contribution is 2.23. The molecule has 8 heteroatoms. The fourth-order valence-corrected chi connectivity index (χ4v) is 1.98. The highest BCUT2D eigenvalue weighted by Gasteiger charge is 2.15. The molecule has 1 heterocycles. The molecule has 116 valence electrons. The van der Waals surface area contributed by atoms with E-state index in [1.54, 1.807) is 31.2 Å². The lowest BCUT2D eigenvalue weighted by Gasteiger charge is -2.09. The third-order valence-electron chi connectivity index (χ3n) is 3.07. The number of aromatic nitrogens is 2. The average molecular weight is 304 g/mol. The molecule has 1 amide bonds. The Morgan fingerprint density at radius 2 is 2.18 bits per heavy atom. The van der Waals surface area contributed by atoms with E-state index in [0.717, 1.165) is 0 Å². The van der Waals surface area contributed by atoms with Gasteiger partial charge in [-0.1, -0.05) is 12.1 Å². The third kappa shape index (κ3) is 3.60. The number of nitrogens with one attached hydrogen (secondary N) is 1. The predicted octanol–water partition coefficient (Wildman–Crippen LogP) is 2.14. The summed E-state index contributed by atoms with van der Waals surface area (Å²) in [7, 11) is 1.52. The van der Waals surface area contributed by atoms with Crippen molar-refractivity contribution in [1.82, 2.24) is 9.78 Å². The summed E-state index contributed by atoms with van der Waals surface area (Å²) in [6, 6.07) is 7.08. The first kappa shape index (κ1) is 15.5. The number of rotatable bonds is 6. The van der Waals surface area contributed by atoms with E-state index in [1.807, 2.05) is 0 Å². The Morgan fingerprint density at radius 3 is 2.82 bits per heavy atom. The quantitative estimate of drug-likeness (QED) is 0.651. The number of nitro groups is 1. The van der Waals surface area contributed by atoms with E-state index in [1.165, 1.54) is 18.0 Å². The molecular weight excluding hydrogens is 288 g/mol.